The molecule has 21 heavy (non-hydrogen) atoms. The minimum atomic E-state index is 0.126. The fourth-order valence-electron chi connectivity index (χ4n) is 2.72. The maximum Gasteiger partial charge on any atom is 0.253 e. The zero-order chi connectivity index (χ0) is 14.8. The number of carbonyl (C=O) groups is 1. The highest BCUT2D eigenvalue weighted by molar-refractivity contribution is 7.11. The van der Waals surface area contributed by atoms with E-state index >= 15 is 0 Å². The van der Waals surface area contributed by atoms with Crippen LogP contribution in [0.15, 0.2) is 24.3 Å². The van der Waals surface area contributed by atoms with Gasteiger partial charge in [0.05, 0.1) is 0 Å². The molecule has 1 aliphatic heterocycles. The summed E-state index contributed by atoms with van der Waals surface area (Å²) in [4.78, 5) is 14.5. The second-order valence-corrected chi connectivity index (χ2v) is 6.83. The molecule has 0 spiro atoms. The molecule has 1 atom stereocenters. The van der Waals surface area contributed by atoms with E-state index in [1.807, 2.05) is 43.0 Å². The number of benzene rings is 1. The van der Waals surface area contributed by atoms with E-state index in [4.69, 9.17) is 0 Å². The van der Waals surface area contributed by atoms with Gasteiger partial charge in [-0.15, -0.1) is 21.5 Å². The Balaban J connectivity index is 1.73. The van der Waals surface area contributed by atoms with E-state index in [0.717, 1.165) is 41.5 Å². The molecule has 3 rings (SSSR count). The smallest absolute Gasteiger partial charge is 0.253 e. The van der Waals surface area contributed by atoms with Crippen LogP contribution < -0.4 is 0 Å². The largest absolute Gasteiger partial charge is 0.338 e. The lowest BCUT2D eigenvalue weighted by Crippen LogP contribution is -2.39. The Hall–Kier alpha value is -1.75. The lowest BCUT2D eigenvalue weighted by atomic mass is 9.98. The molecule has 1 fully saturated rings. The maximum atomic E-state index is 12.6. The third-order valence-corrected chi connectivity index (χ3v) is 4.90. The first-order chi connectivity index (χ1) is 10.1. The number of carbonyl (C=O) groups excluding carboxylic acids is 1. The number of aryl methyl sites for hydroxylation is 2. The molecule has 110 valence electrons. The summed E-state index contributed by atoms with van der Waals surface area (Å²) in [6.45, 7) is 5.59. The number of piperidine rings is 1. The fraction of sp³-hybridized carbons (Fsp3) is 0.438. The van der Waals surface area contributed by atoms with Gasteiger partial charge in [-0.05, 0) is 38.8 Å². The number of aromatic nitrogens is 2. The second-order valence-electron chi connectivity index (χ2n) is 5.62. The van der Waals surface area contributed by atoms with Crippen LogP contribution >= 0.6 is 11.3 Å². The molecule has 4 nitrogen and oxygen atoms in total. The highest BCUT2D eigenvalue weighted by Crippen LogP contribution is 2.29. The predicted molar refractivity (Wildman–Crippen MR) is 83.7 cm³/mol. The molecule has 5 heteroatoms. The van der Waals surface area contributed by atoms with Gasteiger partial charge in [-0.25, -0.2) is 0 Å². The fourth-order valence-corrected chi connectivity index (χ4v) is 3.54. The Labute approximate surface area is 128 Å². The van der Waals surface area contributed by atoms with Crippen molar-refractivity contribution in [1.29, 1.82) is 0 Å². The summed E-state index contributed by atoms with van der Waals surface area (Å²) >= 11 is 1.65. The number of amides is 1. The first-order valence-corrected chi connectivity index (χ1v) is 8.11. The number of hydrogen-bond acceptors (Lipinski definition) is 4. The van der Waals surface area contributed by atoms with Gasteiger partial charge < -0.3 is 4.90 Å². The summed E-state index contributed by atoms with van der Waals surface area (Å²) in [7, 11) is 0. The standard InChI is InChI=1S/C16H19N3OS/c1-11-5-7-13(8-6-11)16(20)19-9-3-4-14(10-19)15-18-17-12(2)21-15/h5-8,14H,3-4,9-10H2,1-2H3/t14-/m0/s1. The van der Waals surface area contributed by atoms with Crippen molar-refractivity contribution in [1.82, 2.24) is 15.1 Å². The Bertz CT molecular complexity index is 635. The summed E-state index contributed by atoms with van der Waals surface area (Å²) in [6.07, 6.45) is 2.12. The van der Waals surface area contributed by atoms with E-state index in [9.17, 15) is 4.79 Å². The third-order valence-electron chi connectivity index (χ3n) is 3.90. The average molecular weight is 301 g/mol. The summed E-state index contributed by atoms with van der Waals surface area (Å²) in [5.74, 6) is 0.459. The van der Waals surface area contributed by atoms with Crippen molar-refractivity contribution in [2.75, 3.05) is 13.1 Å². The van der Waals surface area contributed by atoms with Crippen molar-refractivity contribution in [3.8, 4) is 0 Å². The molecule has 1 aromatic heterocycles. The van der Waals surface area contributed by atoms with Gasteiger partial charge in [0.2, 0.25) is 0 Å². The van der Waals surface area contributed by atoms with Crippen LogP contribution in [0.4, 0.5) is 0 Å². The van der Waals surface area contributed by atoms with E-state index in [0.29, 0.717) is 5.92 Å². The molecule has 2 aromatic rings. The van der Waals surface area contributed by atoms with Gasteiger partial charge in [-0.2, -0.15) is 0 Å². The van der Waals surface area contributed by atoms with Crippen molar-refractivity contribution in [2.45, 2.75) is 32.6 Å². The maximum absolute atomic E-state index is 12.6. The van der Waals surface area contributed by atoms with Crippen molar-refractivity contribution >= 4 is 17.2 Å². The highest BCUT2D eigenvalue weighted by Gasteiger charge is 2.27. The molecule has 1 aliphatic rings. The predicted octanol–water partition coefficient (Wildman–Crippen LogP) is 3.17. The molecule has 1 amide bonds. The zero-order valence-corrected chi connectivity index (χ0v) is 13.2. The van der Waals surface area contributed by atoms with Gasteiger partial charge in [-0.3, -0.25) is 4.79 Å². The first kappa shape index (κ1) is 14.2. The summed E-state index contributed by atoms with van der Waals surface area (Å²) < 4.78 is 0. The monoisotopic (exact) mass is 301 g/mol. The Kier molecular flexibility index (Phi) is 4.01. The number of nitrogens with zero attached hydrogens (tertiary/aromatic N) is 3. The Morgan fingerprint density at radius 2 is 2.00 bits per heavy atom. The van der Waals surface area contributed by atoms with Crippen LogP contribution in [0.3, 0.4) is 0 Å². The third kappa shape index (κ3) is 3.13. The van der Waals surface area contributed by atoms with Gasteiger partial charge >= 0.3 is 0 Å². The van der Waals surface area contributed by atoms with E-state index < -0.39 is 0 Å². The van der Waals surface area contributed by atoms with Crippen LogP contribution in [0.5, 0.6) is 0 Å². The van der Waals surface area contributed by atoms with Crippen molar-refractivity contribution in [3.63, 3.8) is 0 Å². The molecule has 0 aliphatic carbocycles. The molecule has 0 radical (unpaired) electrons. The van der Waals surface area contributed by atoms with Crippen LogP contribution in [0, 0.1) is 13.8 Å². The molecule has 1 saturated heterocycles. The van der Waals surface area contributed by atoms with Crippen molar-refractivity contribution < 1.29 is 4.79 Å². The summed E-state index contributed by atoms with van der Waals surface area (Å²) in [5.41, 5.74) is 1.95. The summed E-state index contributed by atoms with van der Waals surface area (Å²) in [6, 6.07) is 7.80. The average Bonchev–Trinajstić information content (AvgIpc) is 2.94. The Morgan fingerprint density at radius 1 is 1.24 bits per heavy atom. The second kappa shape index (κ2) is 5.93. The van der Waals surface area contributed by atoms with Gasteiger partial charge in [-0.1, -0.05) is 17.7 Å². The van der Waals surface area contributed by atoms with E-state index in [1.54, 1.807) is 11.3 Å². The number of likely N-dealkylation sites (tertiary alicyclic amines) is 1. The Morgan fingerprint density at radius 3 is 2.67 bits per heavy atom. The van der Waals surface area contributed by atoms with Crippen LogP contribution in [-0.2, 0) is 0 Å². The van der Waals surface area contributed by atoms with Gasteiger partial charge in [0, 0.05) is 24.6 Å². The zero-order valence-electron chi connectivity index (χ0n) is 12.4. The van der Waals surface area contributed by atoms with Crippen molar-refractivity contribution in [3.05, 3.63) is 45.4 Å². The molecule has 0 saturated carbocycles. The van der Waals surface area contributed by atoms with E-state index in [-0.39, 0.29) is 5.91 Å². The number of hydrogen-bond donors (Lipinski definition) is 0. The topological polar surface area (TPSA) is 46.1 Å². The van der Waals surface area contributed by atoms with Crippen LogP contribution in [0.25, 0.3) is 0 Å². The van der Waals surface area contributed by atoms with Gasteiger partial charge in [0.1, 0.15) is 10.0 Å². The number of rotatable bonds is 2. The summed E-state index contributed by atoms with van der Waals surface area (Å²) in [5, 5.41) is 10.4. The van der Waals surface area contributed by atoms with Crippen LogP contribution in [0.2, 0.25) is 0 Å². The van der Waals surface area contributed by atoms with Gasteiger partial charge in [0.25, 0.3) is 5.91 Å². The van der Waals surface area contributed by atoms with E-state index in [1.165, 1.54) is 5.56 Å². The molecular formula is C16H19N3OS. The van der Waals surface area contributed by atoms with Crippen LogP contribution in [-0.4, -0.2) is 34.1 Å². The van der Waals surface area contributed by atoms with Crippen LogP contribution in [0.1, 0.15) is 44.7 Å². The molecule has 2 heterocycles. The normalized spacial score (nSPS) is 18.8. The molecule has 1 aromatic carbocycles. The van der Waals surface area contributed by atoms with Crippen molar-refractivity contribution in [2.24, 2.45) is 0 Å². The molecule has 0 unspecified atom stereocenters. The molecule has 0 N–H and O–H groups in total. The van der Waals surface area contributed by atoms with E-state index in [2.05, 4.69) is 10.2 Å². The quantitative estimate of drug-likeness (QED) is 0.856. The first-order valence-electron chi connectivity index (χ1n) is 7.29. The lowest BCUT2D eigenvalue weighted by molar-refractivity contribution is 0.0707. The van der Waals surface area contributed by atoms with Gasteiger partial charge in [0.15, 0.2) is 0 Å². The minimum absolute atomic E-state index is 0.126. The molecular weight excluding hydrogens is 282 g/mol. The SMILES string of the molecule is Cc1ccc(C(=O)N2CCC[C@H](c3nnc(C)s3)C2)cc1. The molecule has 0 bridgehead atoms. The highest BCUT2D eigenvalue weighted by atomic mass is 32.1. The minimum Gasteiger partial charge on any atom is -0.338 e. The lowest BCUT2D eigenvalue weighted by Gasteiger charge is -2.31.